The maximum absolute atomic E-state index is 11.5. The van der Waals surface area contributed by atoms with E-state index in [-0.39, 0.29) is 24.3 Å². The topological polar surface area (TPSA) is 68.5 Å². The van der Waals surface area contributed by atoms with Crippen LogP contribution in [0.25, 0.3) is 0 Å². The molecule has 5 heteroatoms. The highest BCUT2D eigenvalue weighted by Gasteiger charge is 2.03. The molecule has 1 rings (SSSR count). The van der Waals surface area contributed by atoms with Gasteiger partial charge in [0.15, 0.2) is 5.75 Å². The molecule has 5 nitrogen and oxygen atoms in total. The zero-order valence-corrected chi connectivity index (χ0v) is 7.77. The van der Waals surface area contributed by atoms with E-state index >= 15 is 0 Å². The molecule has 1 aromatic rings. The number of aryl methyl sites for hydroxylation is 1. The number of methoxy groups -OCH3 is 1. The maximum Gasteiger partial charge on any atom is 0.305 e. The molecule has 1 aromatic heterocycles. The second kappa shape index (κ2) is 4.45. The molecule has 0 aliphatic heterocycles. The van der Waals surface area contributed by atoms with Crippen LogP contribution in [0.3, 0.4) is 0 Å². The largest absolute Gasteiger partial charge is 0.491 e. The molecular formula is C9H11NO4. The van der Waals surface area contributed by atoms with Gasteiger partial charge in [-0.2, -0.15) is 0 Å². The Bertz CT molecular complexity index is 383. The predicted octanol–water partition coefficient (Wildman–Crippen LogP) is 0.332. The van der Waals surface area contributed by atoms with Crippen molar-refractivity contribution in [2.75, 3.05) is 7.11 Å². The van der Waals surface area contributed by atoms with Gasteiger partial charge in [0, 0.05) is 12.7 Å². The lowest BCUT2D eigenvalue weighted by Gasteiger charge is -2.05. The third kappa shape index (κ3) is 2.35. The first-order valence-corrected chi connectivity index (χ1v) is 4.10. The molecule has 0 spiro atoms. The Morgan fingerprint density at radius 3 is 2.93 bits per heavy atom. The van der Waals surface area contributed by atoms with Crippen LogP contribution in [0.2, 0.25) is 0 Å². The van der Waals surface area contributed by atoms with Crippen molar-refractivity contribution in [1.29, 1.82) is 0 Å². The molecule has 0 aliphatic carbocycles. The number of pyridine rings is 1. The maximum atomic E-state index is 11.5. The highest BCUT2D eigenvalue weighted by atomic mass is 16.5. The lowest BCUT2D eigenvalue weighted by atomic mass is 10.4. The van der Waals surface area contributed by atoms with Crippen molar-refractivity contribution in [1.82, 2.24) is 4.57 Å². The van der Waals surface area contributed by atoms with Gasteiger partial charge in [-0.25, -0.2) is 0 Å². The summed E-state index contributed by atoms with van der Waals surface area (Å²) in [4.78, 5) is 21.7. The number of hydrogen-bond donors (Lipinski definition) is 1. The fourth-order valence-corrected chi connectivity index (χ4v) is 1.06. The van der Waals surface area contributed by atoms with Crippen molar-refractivity contribution in [3.8, 4) is 5.75 Å². The quantitative estimate of drug-likeness (QED) is 0.755. The summed E-state index contributed by atoms with van der Waals surface area (Å²) in [7, 11) is 1.40. The molecule has 0 saturated heterocycles. The lowest BCUT2D eigenvalue weighted by molar-refractivity contribution is -0.137. The number of aliphatic carboxylic acids is 1. The lowest BCUT2D eigenvalue weighted by Crippen LogP contribution is -2.21. The van der Waals surface area contributed by atoms with Gasteiger partial charge in [0.05, 0.1) is 13.5 Å². The molecule has 0 amide bonds. The Balaban J connectivity index is 2.87. The minimum absolute atomic E-state index is 0.0763. The fourth-order valence-electron chi connectivity index (χ4n) is 1.06. The van der Waals surface area contributed by atoms with Crippen molar-refractivity contribution in [2.24, 2.45) is 0 Å². The van der Waals surface area contributed by atoms with E-state index in [1.54, 1.807) is 12.1 Å². The van der Waals surface area contributed by atoms with Crippen molar-refractivity contribution in [3.63, 3.8) is 0 Å². The molecule has 1 N–H and O–H groups in total. The molecule has 0 saturated carbocycles. The van der Waals surface area contributed by atoms with Crippen LogP contribution in [0.1, 0.15) is 6.42 Å². The normalized spacial score (nSPS) is 9.79. The number of carboxylic acids is 1. The average Bonchev–Trinajstić information content (AvgIpc) is 2.16. The molecule has 76 valence electrons. The van der Waals surface area contributed by atoms with Gasteiger partial charge in [0.25, 0.3) is 5.56 Å². The predicted molar refractivity (Wildman–Crippen MR) is 49.5 cm³/mol. The van der Waals surface area contributed by atoms with E-state index in [0.717, 1.165) is 0 Å². The second-order valence-corrected chi connectivity index (χ2v) is 2.72. The molecule has 0 fully saturated rings. The Labute approximate surface area is 80.6 Å². The zero-order valence-electron chi connectivity index (χ0n) is 7.77. The average molecular weight is 197 g/mol. The third-order valence-corrected chi connectivity index (χ3v) is 1.77. The van der Waals surface area contributed by atoms with Gasteiger partial charge >= 0.3 is 5.97 Å². The highest BCUT2D eigenvalue weighted by molar-refractivity contribution is 5.66. The van der Waals surface area contributed by atoms with Crippen LogP contribution in [0.5, 0.6) is 5.75 Å². The van der Waals surface area contributed by atoms with Crippen molar-refractivity contribution in [3.05, 3.63) is 28.7 Å². The van der Waals surface area contributed by atoms with Crippen LogP contribution in [-0.4, -0.2) is 22.8 Å². The highest BCUT2D eigenvalue weighted by Crippen LogP contribution is 2.00. The first-order chi connectivity index (χ1) is 6.65. The van der Waals surface area contributed by atoms with E-state index in [4.69, 9.17) is 9.84 Å². The molecule has 0 atom stereocenters. The Hall–Kier alpha value is -1.78. The van der Waals surface area contributed by atoms with E-state index in [1.165, 1.54) is 17.9 Å². The molecule has 0 radical (unpaired) electrons. The van der Waals surface area contributed by atoms with Crippen LogP contribution in [0.15, 0.2) is 23.1 Å². The minimum atomic E-state index is -0.931. The monoisotopic (exact) mass is 197 g/mol. The first-order valence-electron chi connectivity index (χ1n) is 4.10. The fraction of sp³-hybridized carbons (Fsp3) is 0.333. The van der Waals surface area contributed by atoms with Gasteiger partial charge < -0.3 is 14.4 Å². The van der Waals surface area contributed by atoms with Crippen molar-refractivity contribution < 1.29 is 14.6 Å². The second-order valence-electron chi connectivity index (χ2n) is 2.72. The van der Waals surface area contributed by atoms with Crippen LogP contribution in [-0.2, 0) is 11.3 Å². The number of rotatable bonds is 4. The van der Waals surface area contributed by atoms with E-state index < -0.39 is 5.97 Å². The zero-order chi connectivity index (χ0) is 10.6. The van der Waals surface area contributed by atoms with Gasteiger partial charge in [-0.05, 0) is 12.1 Å². The third-order valence-electron chi connectivity index (χ3n) is 1.77. The summed E-state index contributed by atoms with van der Waals surface area (Å²) in [5.74, 6) is -0.711. The van der Waals surface area contributed by atoms with Gasteiger partial charge in [-0.3, -0.25) is 9.59 Å². The Kier molecular flexibility index (Phi) is 3.28. The van der Waals surface area contributed by atoms with Gasteiger partial charge in [-0.15, -0.1) is 0 Å². The van der Waals surface area contributed by atoms with Crippen LogP contribution in [0, 0.1) is 0 Å². The number of aromatic nitrogens is 1. The Morgan fingerprint density at radius 2 is 2.36 bits per heavy atom. The molecule has 0 aliphatic rings. The molecular weight excluding hydrogens is 186 g/mol. The summed E-state index contributed by atoms with van der Waals surface area (Å²) >= 11 is 0. The number of carboxylic acid groups (broad SMARTS) is 1. The van der Waals surface area contributed by atoms with Crippen LogP contribution < -0.4 is 10.3 Å². The number of ether oxygens (including phenoxy) is 1. The van der Waals surface area contributed by atoms with Crippen LogP contribution >= 0.6 is 0 Å². The number of carbonyl (C=O) groups is 1. The van der Waals surface area contributed by atoms with E-state index in [1.807, 2.05) is 0 Å². The van der Waals surface area contributed by atoms with Crippen molar-refractivity contribution >= 4 is 5.97 Å². The van der Waals surface area contributed by atoms with Gasteiger partial charge in [-0.1, -0.05) is 0 Å². The summed E-state index contributed by atoms with van der Waals surface area (Å²) in [5, 5.41) is 8.45. The summed E-state index contributed by atoms with van der Waals surface area (Å²) in [6.07, 6.45) is 1.46. The number of hydrogen-bond acceptors (Lipinski definition) is 3. The number of nitrogens with zero attached hydrogens (tertiary/aromatic N) is 1. The van der Waals surface area contributed by atoms with E-state index in [9.17, 15) is 9.59 Å². The smallest absolute Gasteiger partial charge is 0.305 e. The molecule has 1 heterocycles. The molecule has 14 heavy (non-hydrogen) atoms. The standard InChI is InChI=1S/C9H11NO4/c1-14-7-3-2-5-10(9(7)13)6-4-8(11)12/h2-3,5H,4,6H2,1H3,(H,11,12). The minimum Gasteiger partial charge on any atom is -0.491 e. The molecule has 0 unspecified atom stereocenters. The molecule has 0 aromatic carbocycles. The summed E-state index contributed by atoms with van der Waals surface area (Å²) in [5.41, 5.74) is -0.309. The van der Waals surface area contributed by atoms with Gasteiger partial charge in [0.1, 0.15) is 0 Å². The van der Waals surface area contributed by atoms with E-state index in [0.29, 0.717) is 0 Å². The summed E-state index contributed by atoms with van der Waals surface area (Å²) in [6.45, 7) is 0.158. The summed E-state index contributed by atoms with van der Waals surface area (Å²) in [6, 6.07) is 3.18. The first kappa shape index (κ1) is 10.3. The van der Waals surface area contributed by atoms with Gasteiger partial charge in [0.2, 0.25) is 0 Å². The van der Waals surface area contributed by atoms with E-state index in [2.05, 4.69) is 0 Å². The van der Waals surface area contributed by atoms with Crippen LogP contribution in [0.4, 0.5) is 0 Å². The Morgan fingerprint density at radius 1 is 1.64 bits per heavy atom. The van der Waals surface area contributed by atoms with Crippen molar-refractivity contribution in [2.45, 2.75) is 13.0 Å². The summed E-state index contributed by atoms with van der Waals surface area (Å²) < 4.78 is 6.12. The SMILES string of the molecule is COc1cccn(CCC(=O)O)c1=O. The molecule has 0 bridgehead atoms.